The monoisotopic (exact) mass is 388 g/mol. The van der Waals surface area contributed by atoms with E-state index in [1.165, 1.54) is 6.07 Å². The number of halogens is 3. The van der Waals surface area contributed by atoms with Gasteiger partial charge in [-0.3, -0.25) is 4.79 Å². The summed E-state index contributed by atoms with van der Waals surface area (Å²) in [7, 11) is 0. The molecule has 0 amide bonds. The molecule has 0 aliphatic heterocycles. The second-order valence-corrected chi connectivity index (χ2v) is 6.22. The summed E-state index contributed by atoms with van der Waals surface area (Å²) in [6.07, 6.45) is -4.96. The molecule has 0 heterocycles. The molecule has 0 saturated carbocycles. The summed E-state index contributed by atoms with van der Waals surface area (Å²) in [6.45, 7) is 0. The Morgan fingerprint density at radius 3 is 1.64 bits per heavy atom. The Morgan fingerprint density at radius 2 is 1.18 bits per heavy atom. The molecule has 6 heteroatoms. The van der Waals surface area contributed by atoms with Crippen LogP contribution in [0, 0.1) is 0 Å². The van der Waals surface area contributed by atoms with Gasteiger partial charge in [-0.25, -0.2) is 0 Å². The van der Waals surface area contributed by atoms with Crippen molar-refractivity contribution in [3.8, 4) is 0 Å². The minimum Gasteiger partial charge on any atom is -0.869 e. The summed E-state index contributed by atoms with van der Waals surface area (Å²) in [5.74, 6) is -3.12. The fourth-order valence-corrected chi connectivity index (χ4v) is 3.35. The SMILES string of the molecule is O=C(/C=C(\[O-])C(F)(F)F)c1ccc2c3ccccc3c3ccccc3c2c1.[Na+]. The molecule has 0 saturated heterocycles. The van der Waals surface area contributed by atoms with Crippen molar-refractivity contribution < 1.29 is 52.6 Å². The Labute approximate surface area is 180 Å². The molecule has 0 bridgehead atoms. The molecular weight excluding hydrogens is 376 g/mol. The summed E-state index contributed by atoms with van der Waals surface area (Å²) in [4.78, 5) is 12.2. The van der Waals surface area contributed by atoms with Crippen molar-refractivity contribution in [2.75, 3.05) is 0 Å². The predicted molar refractivity (Wildman–Crippen MR) is 97.4 cm³/mol. The zero-order chi connectivity index (χ0) is 19.2. The average molecular weight is 388 g/mol. The molecule has 2 nitrogen and oxygen atoms in total. The number of ketones is 1. The fraction of sp³-hybridized carbons (Fsp3) is 0.0455. The van der Waals surface area contributed by atoms with Crippen molar-refractivity contribution >= 4 is 38.1 Å². The summed E-state index contributed by atoms with van der Waals surface area (Å²) in [6, 6.07) is 20.2. The van der Waals surface area contributed by atoms with E-state index in [9.17, 15) is 23.1 Å². The first-order valence-corrected chi connectivity index (χ1v) is 8.20. The second-order valence-electron chi connectivity index (χ2n) is 6.22. The third-order valence-corrected chi connectivity index (χ3v) is 4.57. The Bertz CT molecular complexity index is 1210. The van der Waals surface area contributed by atoms with Gasteiger partial charge >= 0.3 is 35.7 Å². The second kappa shape index (κ2) is 7.59. The molecule has 0 N–H and O–H groups in total. The van der Waals surface area contributed by atoms with Crippen LogP contribution < -0.4 is 34.7 Å². The van der Waals surface area contributed by atoms with Gasteiger partial charge in [-0.1, -0.05) is 60.7 Å². The number of hydrogen-bond acceptors (Lipinski definition) is 2. The Balaban J connectivity index is 0.00000225. The quantitative estimate of drug-likeness (QED) is 0.174. The van der Waals surface area contributed by atoms with Gasteiger partial charge in [-0.2, -0.15) is 13.2 Å². The third kappa shape index (κ3) is 3.53. The fourth-order valence-electron chi connectivity index (χ4n) is 3.35. The van der Waals surface area contributed by atoms with E-state index in [-0.39, 0.29) is 41.2 Å². The first-order chi connectivity index (χ1) is 12.9. The van der Waals surface area contributed by atoms with Crippen LogP contribution in [0.5, 0.6) is 0 Å². The molecule has 0 aliphatic rings. The van der Waals surface area contributed by atoms with E-state index >= 15 is 0 Å². The maximum Gasteiger partial charge on any atom is 1.00 e. The van der Waals surface area contributed by atoms with Crippen LogP contribution in [0.1, 0.15) is 10.4 Å². The predicted octanol–water partition coefficient (Wildman–Crippen LogP) is 2.14. The first-order valence-electron chi connectivity index (χ1n) is 8.20. The summed E-state index contributed by atoms with van der Waals surface area (Å²) < 4.78 is 37.3. The van der Waals surface area contributed by atoms with Gasteiger partial charge in [-0.15, -0.1) is 0 Å². The normalized spacial score (nSPS) is 12.3. The van der Waals surface area contributed by atoms with Crippen molar-refractivity contribution in [1.29, 1.82) is 0 Å². The molecule has 28 heavy (non-hydrogen) atoms. The van der Waals surface area contributed by atoms with Crippen LogP contribution in [0.15, 0.2) is 78.6 Å². The largest absolute Gasteiger partial charge is 1.00 e. The molecule has 0 radical (unpaired) electrons. The van der Waals surface area contributed by atoms with Crippen LogP contribution in [0.3, 0.4) is 0 Å². The number of hydrogen-bond donors (Lipinski definition) is 0. The maximum absolute atomic E-state index is 12.4. The molecule has 4 aromatic carbocycles. The molecule has 0 atom stereocenters. The molecule has 0 spiro atoms. The molecule has 0 aliphatic carbocycles. The van der Waals surface area contributed by atoms with Gasteiger partial charge in [0.25, 0.3) is 0 Å². The van der Waals surface area contributed by atoms with Crippen LogP contribution in [0.4, 0.5) is 13.2 Å². The summed E-state index contributed by atoms with van der Waals surface area (Å²) in [5.41, 5.74) is 0.0422. The van der Waals surface area contributed by atoms with Crippen molar-refractivity contribution in [2.45, 2.75) is 6.18 Å². The van der Waals surface area contributed by atoms with E-state index in [1.807, 2.05) is 48.5 Å². The molecule has 0 fully saturated rings. The number of allylic oxidation sites excluding steroid dienone is 2. The smallest absolute Gasteiger partial charge is 0.869 e. The van der Waals surface area contributed by atoms with Crippen molar-refractivity contribution in [2.24, 2.45) is 0 Å². The number of rotatable bonds is 2. The van der Waals surface area contributed by atoms with E-state index in [4.69, 9.17) is 0 Å². The van der Waals surface area contributed by atoms with Gasteiger partial charge in [-0.05, 0) is 50.2 Å². The van der Waals surface area contributed by atoms with Crippen molar-refractivity contribution in [3.63, 3.8) is 0 Å². The van der Waals surface area contributed by atoms with Gasteiger partial charge in [0, 0.05) is 5.56 Å². The molecule has 0 aromatic heterocycles. The number of fused-ring (bicyclic) bond motifs is 6. The van der Waals surface area contributed by atoms with Crippen LogP contribution in [-0.4, -0.2) is 12.0 Å². The van der Waals surface area contributed by atoms with E-state index in [0.29, 0.717) is 0 Å². The van der Waals surface area contributed by atoms with Crippen LogP contribution in [-0.2, 0) is 0 Å². The van der Waals surface area contributed by atoms with Crippen LogP contribution >= 0.6 is 0 Å². The number of carbonyl (C=O) groups excluding carboxylic acids is 1. The van der Waals surface area contributed by atoms with E-state index in [0.717, 1.165) is 32.3 Å². The molecule has 4 rings (SSSR count). The molecule has 0 unspecified atom stereocenters. The van der Waals surface area contributed by atoms with Crippen LogP contribution in [0.2, 0.25) is 0 Å². The minimum absolute atomic E-state index is 0. The number of alkyl halides is 3. The van der Waals surface area contributed by atoms with Gasteiger partial charge in [0.05, 0.1) is 0 Å². The standard InChI is InChI=1S/C22H13F3O2.Na/c23-22(24,25)21(27)12-20(26)13-9-10-18-16-7-2-1-5-14(16)15-6-3-4-8-17(15)19(18)11-13;/h1-12,27H;/q;+1/p-1/b21-12-;. The number of benzene rings is 4. The Hall–Kier alpha value is -2.34. The Kier molecular flexibility index (Phi) is 5.53. The average Bonchev–Trinajstić information content (AvgIpc) is 2.67. The Morgan fingerprint density at radius 1 is 0.750 bits per heavy atom. The zero-order valence-corrected chi connectivity index (χ0v) is 16.9. The minimum atomic E-state index is -5.06. The molecule has 134 valence electrons. The van der Waals surface area contributed by atoms with E-state index in [1.54, 1.807) is 12.1 Å². The summed E-state index contributed by atoms with van der Waals surface area (Å²) >= 11 is 0. The molecular formula is C22H12F3NaO2. The van der Waals surface area contributed by atoms with E-state index < -0.39 is 17.7 Å². The third-order valence-electron chi connectivity index (χ3n) is 4.57. The zero-order valence-electron chi connectivity index (χ0n) is 14.9. The van der Waals surface area contributed by atoms with Crippen LogP contribution in [0.25, 0.3) is 32.3 Å². The topological polar surface area (TPSA) is 40.1 Å². The maximum atomic E-state index is 12.4. The molecule has 4 aromatic rings. The first kappa shape index (κ1) is 20.4. The van der Waals surface area contributed by atoms with Crippen molar-refractivity contribution in [3.05, 3.63) is 84.1 Å². The van der Waals surface area contributed by atoms with Crippen molar-refractivity contribution in [1.82, 2.24) is 0 Å². The number of carbonyl (C=O) groups is 1. The van der Waals surface area contributed by atoms with Gasteiger partial charge in [0.2, 0.25) is 0 Å². The van der Waals surface area contributed by atoms with Gasteiger partial charge < -0.3 is 5.11 Å². The summed E-state index contributed by atoms with van der Waals surface area (Å²) in [5, 5.41) is 16.7. The van der Waals surface area contributed by atoms with Gasteiger partial charge in [0.1, 0.15) is 0 Å². The van der Waals surface area contributed by atoms with Gasteiger partial charge in [0.15, 0.2) is 5.78 Å². The van der Waals surface area contributed by atoms with E-state index in [2.05, 4.69) is 0 Å².